The Kier molecular flexibility index (Phi) is 6.63. The van der Waals surface area contributed by atoms with Crippen LogP contribution in [0.1, 0.15) is 30.5 Å². The molecule has 1 amide bonds. The number of rotatable bonds is 7. The van der Waals surface area contributed by atoms with E-state index in [-0.39, 0.29) is 5.91 Å². The highest BCUT2D eigenvalue weighted by Gasteiger charge is 2.09. The monoisotopic (exact) mass is 339 g/mol. The Hall–Kier alpha value is -2.75. The predicted molar refractivity (Wildman–Crippen MR) is 102 cm³/mol. The number of carbonyl (C=O) groups is 1. The maximum atomic E-state index is 12.4. The number of aryl methyl sites for hydroxylation is 2. The number of carbonyl (C=O) groups excluding carboxylic acids is 1. The third kappa shape index (κ3) is 4.63. The van der Waals surface area contributed by atoms with Crippen LogP contribution < -0.4 is 14.8 Å². The highest BCUT2D eigenvalue weighted by molar-refractivity contribution is 6.03. The molecule has 0 spiro atoms. The fourth-order valence-electron chi connectivity index (χ4n) is 2.69. The van der Waals surface area contributed by atoms with E-state index < -0.39 is 0 Å². The molecule has 2 aromatic carbocycles. The Morgan fingerprint density at radius 1 is 1.04 bits per heavy atom. The van der Waals surface area contributed by atoms with E-state index in [0.29, 0.717) is 11.5 Å². The molecule has 4 heteroatoms. The van der Waals surface area contributed by atoms with Crippen molar-refractivity contribution in [2.75, 3.05) is 19.5 Å². The molecule has 0 aliphatic rings. The van der Waals surface area contributed by atoms with Crippen molar-refractivity contribution in [2.24, 2.45) is 0 Å². The summed E-state index contributed by atoms with van der Waals surface area (Å²) in [5, 5.41) is 3.02. The fourth-order valence-corrected chi connectivity index (χ4v) is 2.69. The van der Waals surface area contributed by atoms with E-state index in [2.05, 4.69) is 19.2 Å². The minimum absolute atomic E-state index is 0.159. The number of nitrogens with one attached hydrogen (secondary N) is 1. The Morgan fingerprint density at radius 3 is 2.28 bits per heavy atom. The minimum atomic E-state index is -0.159. The first-order chi connectivity index (χ1) is 12.1. The van der Waals surface area contributed by atoms with Crippen molar-refractivity contribution in [2.45, 2.75) is 26.7 Å². The molecule has 132 valence electrons. The Balaban J connectivity index is 2.20. The topological polar surface area (TPSA) is 47.6 Å². The number of amides is 1. The van der Waals surface area contributed by atoms with Crippen LogP contribution in [-0.4, -0.2) is 20.1 Å². The van der Waals surface area contributed by atoms with Crippen molar-refractivity contribution < 1.29 is 14.3 Å². The molecule has 0 fully saturated rings. The molecule has 0 heterocycles. The molecular formula is C21H25NO3. The summed E-state index contributed by atoms with van der Waals surface area (Å²) in [4.78, 5) is 12.4. The number of ether oxygens (including phenoxy) is 2. The van der Waals surface area contributed by atoms with E-state index in [1.165, 1.54) is 6.08 Å². The molecule has 0 saturated heterocycles. The second-order valence-corrected chi connectivity index (χ2v) is 5.59. The molecule has 0 saturated carbocycles. The lowest BCUT2D eigenvalue weighted by molar-refractivity contribution is -0.111. The molecule has 0 radical (unpaired) electrons. The Morgan fingerprint density at radius 2 is 1.72 bits per heavy atom. The number of benzene rings is 2. The summed E-state index contributed by atoms with van der Waals surface area (Å²) in [5.74, 6) is 1.21. The summed E-state index contributed by atoms with van der Waals surface area (Å²) in [6.07, 6.45) is 5.02. The van der Waals surface area contributed by atoms with Gasteiger partial charge in [-0.05, 0) is 42.2 Å². The summed E-state index contributed by atoms with van der Waals surface area (Å²) in [6.45, 7) is 4.17. The maximum absolute atomic E-state index is 12.4. The van der Waals surface area contributed by atoms with Gasteiger partial charge in [-0.15, -0.1) is 0 Å². The molecule has 0 unspecified atom stereocenters. The molecular weight excluding hydrogens is 314 g/mol. The van der Waals surface area contributed by atoms with Gasteiger partial charge < -0.3 is 14.8 Å². The molecule has 0 bridgehead atoms. The number of methoxy groups -OCH3 is 2. The predicted octanol–water partition coefficient (Wildman–Crippen LogP) is 4.48. The van der Waals surface area contributed by atoms with Gasteiger partial charge in [0.05, 0.1) is 14.2 Å². The molecule has 2 aromatic rings. The third-order valence-corrected chi connectivity index (χ3v) is 4.10. The van der Waals surface area contributed by atoms with E-state index in [4.69, 9.17) is 9.47 Å². The summed E-state index contributed by atoms with van der Waals surface area (Å²) in [5.41, 5.74) is 4.02. The fraction of sp³-hybridized carbons (Fsp3) is 0.286. The number of para-hydroxylation sites is 1. The summed E-state index contributed by atoms with van der Waals surface area (Å²) >= 11 is 0. The number of anilines is 1. The standard InChI is InChI=1S/C21H25NO3/c1-5-15-8-7-9-16(6-2)21(15)22-20(23)13-11-17-10-12-18(24-3)14-19(17)25-4/h7-14H,5-6H2,1-4H3,(H,22,23). The normalized spacial score (nSPS) is 10.7. The quantitative estimate of drug-likeness (QED) is 0.757. The maximum Gasteiger partial charge on any atom is 0.248 e. The minimum Gasteiger partial charge on any atom is -0.497 e. The second kappa shape index (κ2) is 8.92. The van der Waals surface area contributed by atoms with Gasteiger partial charge in [0.2, 0.25) is 5.91 Å². The van der Waals surface area contributed by atoms with Crippen LogP contribution in [0.2, 0.25) is 0 Å². The molecule has 25 heavy (non-hydrogen) atoms. The summed E-state index contributed by atoms with van der Waals surface area (Å²) < 4.78 is 10.5. The summed E-state index contributed by atoms with van der Waals surface area (Å²) in [6, 6.07) is 11.6. The zero-order valence-corrected chi connectivity index (χ0v) is 15.3. The van der Waals surface area contributed by atoms with E-state index in [1.54, 1.807) is 26.4 Å². The van der Waals surface area contributed by atoms with Gasteiger partial charge >= 0.3 is 0 Å². The first kappa shape index (κ1) is 18.6. The van der Waals surface area contributed by atoms with Gasteiger partial charge in [0.25, 0.3) is 0 Å². The second-order valence-electron chi connectivity index (χ2n) is 5.59. The number of hydrogen-bond donors (Lipinski definition) is 1. The van der Waals surface area contributed by atoms with Gasteiger partial charge in [-0.3, -0.25) is 4.79 Å². The lowest BCUT2D eigenvalue weighted by Gasteiger charge is -2.13. The van der Waals surface area contributed by atoms with Gasteiger partial charge in [-0.2, -0.15) is 0 Å². The first-order valence-electron chi connectivity index (χ1n) is 8.44. The first-order valence-corrected chi connectivity index (χ1v) is 8.44. The average Bonchev–Trinajstić information content (AvgIpc) is 2.66. The summed E-state index contributed by atoms with van der Waals surface area (Å²) in [7, 11) is 3.20. The SMILES string of the molecule is CCc1cccc(CC)c1NC(=O)C=Cc1ccc(OC)cc1OC. The van der Waals surface area contributed by atoms with Crippen molar-refractivity contribution in [3.8, 4) is 11.5 Å². The van der Waals surface area contributed by atoms with Crippen molar-refractivity contribution in [1.29, 1.82) is 0 Å². The molecule has 4 nitrogen and oxygen atoms in total. The zero-order chi connectivity index (χ0) is 18.2. The van der Waals surface area contributed by atoms with Crippen molar-refractivity contribution in [1.82, 2.24) is 0 Å². The van der Waals surface area contributed by atoms with Crippen LogP contribution in [0, 0.1) is 0 Å². The van der Waals surface area contributed by atoms with E-state index in [9.17, 15) is 4.79 Å². The number of hydrogen-bond acceptors (Lipinski definition) is 3. The Labute approximate surface area is 149 Å². The highest BCUT2D eigenvalue weighted by Crippen LogP contribution is 2.26. The van der Waals surface area contributed by atoms with Crippen LogP contribution in [0.15, 0.2) is 42.5 Å². The molecule has 0 aliphatic heterocycles. The van der Waals surface area contributed by atoms with E-state index >= 15 is 0 Å². The largest absolute Gasteiger partial charge is 0.497 e. The van der Waals surface area contributed by atoms with Crippen LogP contribution in [-0.2, 0) is 17.6 Å². The molecule has 0 aliphatic carbocycles. The smallest absolute Gasteiger partial charge is 0.248 e. The van der Waals surface area contributed by atoms with Crippen molar-refractivity contribution in [3.05, 3.63) is 59.2 Å². The van der Waals surface area contributed by atoms with Crippen LogP contribution in [0.4, 0.5) is 5.69 Å². The highest BCUT2D eigenvalue weighted by atomic mass is 16.5. The molecule has 0 atom stereocenters. The lowest BCUT2D eigenvalue weighted by Crippen LogP contribution is -2.11. The van der Waals surface area contributed by atoms with Crippen LogP contribution in [0.3, 0.4) is 0 Å². The zero-order valence-electron chi connectivity index (χ0n) is 15.3. The van der Waals surface area contributed by atoms with Gasteiger partial charge in [0, 0.05) is 23.4 Å². The van der Waals surface area contributed by atoms with Gasteiger partial charge in [0.1, 0.15) is 11.5 Å². The molecule has 0 aromatic heterocycles. The molecule has 2 rings (SSSR count). The van der Waals surface area contributed by atoms with Crippen LogP contribution in [0.5, 0.6) is 11.5 Å². The van der Waals surface area contributed by atoms with Gasteiger partial charge in [0.15, 0.2) is 0 Å². The average molecular weight is 339 g/mol. The lowest BCUT2D eigenvalue weighted by atomic mass is 10.0. The van der Waals surface area contributed by atoms with E-state index in [1.807, 2.05) is 30.3 Å². The van der Waals surface area contributed by atoms with Gasteiger partial charge in [-0.25, -0.2) is 0 Å². The van der Waals surface area contributed by atoms with Gasteiger partial charge in [-0.1, -0.05) is 32.0 Å². The van der Waals surface area contributed by atoms with Crippen molar-refractivity contribution in [3.63, 3.8) is 0 Å². The van der Waals surface area contributed by atoms with Crippen LogP contribution in [0.25, 0.3) is 6.08 Å². The van der Waals surface area contributed by atoms with Crippen LogP contribution >= 0.6 is 0 Å². The molecule has 1 N–H and O–H groups in total. The van der Waals surface area contributed by atoms with E-state index in [0.717, 1.165) is 35.2 Å². The third-order valence-electron chi connectivity index (χ3n) is 4.10. The Bertz CT molecular complexity index is 743. The van der Waals surface area contributed by atoms with Crippen molar-refractivity contribution >= 4 is 17.7 Å².